The third kappa shape index (κ3) is 3.50. The molecule has 2 aromatic rings. The van der Waals surface area contributed by atoms with Gasteiger partial charge >= 0.3 is 0 Å². The quantitative estimate of drug-likeness (QED) is 0.842. The largest absolute Gasteiger partial charge is 0.497 e. The molecule has 120 valence electrons. The van der Waals surface area contributed by atoms with Crippen LogP contribution in [-0.2, 0) is 16.6 Å². The van der Waals surface area contributed by atoms with Crippen molar-refractivity contribution in [1.82, 2.24) is 4.31 Å². The van der Waals surface area contributed by atoms with Crippen molar-refractivity contribution in [3.63, 3.8) is 0 Å². The van der Waals surface area contributed by atoms with Crippen molar-refractivity contribution in [3.8, 4) is 11.8 Å². The number of ether oxygens (including phenoxy) is 1. The van der Waals surface area contributed by atoms with E-state index in [1.807, 2.05) is 0 Å². The molecule has 0 aromatic heterocycles. The van der Waals surface area contributed by atoms with Gasteiger partial charge in [0.05, 0.1) is 7.11 Å². The highest BCUT2D eigenvalue weighted by Crippen LogP contribution is 2.23. The van der Waals surface area contributed by atoms with Crippen LogP contribution in [0.2, 0.25) is 0 Å². The van der Waals surface area contributed by atoms with Crippen LogP contribution in [0.3, 0.4) is 0 Å². The van der Waals surface area contributed by atoms with Crippen molar-refractivity contribution in [1.29, 1.82) is 5.26 Å². The van der Waals surface area contributed by atoms with Crippen molar-refractivity contribution < 1.29 is 17.5 Å². The zero-order valence-electron chi connectivity index (χ0n) is 12.7. The summed E-state index contributed by atoms with van der Waals surface area (Å²) in [4.78, 5) is -0.337. The van der Waals surface area contributed by atoms with Gasteiger partial charge in [0.1, 0.15) is 28.1 Å². The monoisotopic (exact) mass is 334 g/mol. The van der Waals surface area contributed by atoms with Crippen LogP contribution < -0.4 is 4.74 Å². The fourth-order valence-corrected chi connectivity index (χ4v) is 3.38. The molecule has 0 N–H and O–H groups in total. The molecule has 0 spiro atoms. The molecular weight excluding hydrogens is 319 g/mol. The van der Waals surface area contributed by atoms with Gasteiger partial charge in [0.15, 0.2) is 0 Å². The van der Waals surface area contributed by atoms with Gasteiger partial charge in [-0.3, -0.25) is 0 Å². The maximum absolute atomic E-state index is 13.6. The Morgan fingerprint density at radius 3 is 2.43 bits per heavy atom. The van der Waals surface area contributed by atoms with Crippen LogP contribution in [0.25, 0.3) is 0 Å². The van der Waals surface area contributed by atoms with E-state index >= 15 is 0 Å². The minimum Gasteiger partial charge on any atom is -0.497 e. The molecule has 0 fully saturated rings. The van der Waals surface area contributed by atoms with Gasteiger partial charge in [-0.2, -0.15) is 9.57 Å². The Labute approximate surface area is 134 Å². The van der Waals surface area contributed by atoms with Crippen LogP contribution in [0.4, 0.5) is 4.39 Å². The Bertz CT molecular complexity index is 843. The van der Waals surface area contributed by atoms with Crippen LogP contribution in [0.15, 0.2) is 47.4 Å². The van der Waals surface area contributed by atoms with Crippen molar-refractivity contribution >= 4 is 10.0 Å². The van der Waals surface area contributed by atoms with Crippen molar-refractivity contribution in [3.05, 3.63) is 59.4 Å². The van der Waals surface area contributed by atoms with Gasteiger partial charge in [0, 0.05) is 13.6 Å². The Morgan fingerprint density at radius 1 is 1.22 bits per heavy atom. The number of hydrogen-bond acceptors (Lipinski definition) is 4. The summed E-state index contributed by atoms with van der Waals surface area (Å²) in [5, 5.41) is 9.00. The lowest BCUT2D eigenvalue weighted by molar-refractivity contribution is 0.414. The van der Waals surface area contributed by atoms with Gasteiger partial charge in [-0.25, -0.2) is 12.8 Å². The fourth-order valence-electron chi connectivity index (χ4n) is 2.07. The zero-order valence-corrected chi connectivity index (χ0v) is 13.5. The number of nitrogens with zero attached hydrogens (tertiary/aromatic N) is 2. The van der Waals surface area contributed by atoms with E-state index in [0.29, 0.717) is 5.75 Å². The molecule has 7 heteroatoms. The molecule has 0 aliphatic carbocycles. The Kier molecular flexibility index (Phi) is 4.98. The third-order valence-electron chi connectivity index (χ3n) is 3.34. The second-order valence-corrected chi connectivity index (χ2v) is 6.85. The van der Waals surface area contributed by atoms with Crippen LogP contribution in [0, 0.1) is 17.1 Å². The Balaban J connectivity index is 2.32. The summed E-state index contributed by atoms with van der Waals surface area (Å²) < 4.78 is 44.9. The second kappa shape index (κ2) is 6.77. The molecule has 0 saturated carbocycles. The Morgan fingerprint density at radius 2 is 1.87 bits per heavy atom. The van der Waals surface area contributed by atoms with Crippen LogP contribution in [-0.4, -0.2) is 26.9 Å². The van der Waals surface area contributed by atoms with Crippen LogP contribution in [0.1, 0.15) is 11.1 Å². The highest BCUT2D eigenvalue weighted by Gasteiger charge is 2.25. The molecule has 23 heavy (non-hydrogen) atoms. The first-order valence-corrected chi connectivity index (χ1v) is 8.12. The van der Waals surface area contributed by atoms with Crippen molar-refractivity contribution in [2.24, 2.45) is 0 Å². The summed E-state index contributed by atoms with van der Waals surface area (Å²) in [7, 11) is -1.06. The highest BCUT2D eigenvalue weighted by atomic mass is 32.2. The fraction of sp³-hybridized carbons (Fsp3) is 0.188. The van der Waals surface area contributed by atoms with Gasteiger partial charge in [-0.15, -0.1) is 0 Å². The molecular formula is C16H15FN2O3S. The number of sulfonamides is 1. The molecule has 0 saturated heterocycles. The van der Waals surface area contributed by atoms with Gasteiger partial charge in [-0.1, -0.05) is 18.2 Å². The molecule has 2 rings (SSSR count). The summed E-state index contributed by atoms with van der Waals surface area (Å²) in [6.07, 6.45) is 0. The molecule has 0 unspecified atom stereocenters. The van der Waals surface area contributed by atoms with Gasteiger partial charge in [0.25, 0.3) is 0 Å². The molecule has 0 aliphatic rings. The number of nitriles is 1. The number of methoxy groups -OCH3 is 1. The van der Waals surface area contributed by atoms with E-state index in [2.05, 4.69) is 0 Å². The smallest absolute Gasteiger partial charge is 0.244 e. The minimum atomic E-state index is -3.98. The van der Waals surface area contributed by atoms with Gasteiger partial charge < -0.3 is 4.74 Å². The number of benzene rings is 2. The zero-order chi connectivity index (χ0) is 17.0. The van der Waals surface area contributed by atoms with Gasteiger partial charge in [-0.05, 0) is 29.8 Å². The average Bonchev–Trinajstić information content (AvgIpc) is 2.55. The number of hydrogen-bond donors (Lipinski definition) is 0. The first-order chi connectivity index (χ1) is 10.9. The molecule has 0 aliphatic heterocycles. The van der Waals surface area contributed by atoms with Crippen LogP contribution in [0.5, 0.6) is 5.75 Å². The maximum atomic E-state index is 13.6. The lowest BCUT2D eigenvalue weighted by Crippen LogP contribution is -2.27. The predicted molar refractivity (Wildman–Crippen MR) is 82.8 cm³/mol. The van der Waals surface area contributed by atoms with Crippen LogP contribution >= 0.6 is 0 Å². The summed E-state index contributed by atoms with van der Waals surface area (Å²) >= 11 is 0. The molecule has 0 bridgehead atoms. The average molecular weight is 334 g/mol. The summed E-state index contributed by atoms with van der Waals surface area (Å²) in [6, 6.07) is 12.1. The lowest BCUT2D eigenvalue weighted by atomic mass is 10.2. The Hall–Kier alpha value is -2.43. The summed E-state index contributed by atoms with van der Waals surface area (Å²) in [5.74, 6) is -0.192. The standard InChI is InChI=1S/C16H15FN2O3S/c1-19(11-12-6-8-13(22-2)9-7-12)23(20,21)16-5-3-4-15(17)14(16)10-18/h3-9H,11H2,1-2H3. The van der Waals surface area contributed by atoms with E-state index in [4.69, 9.17) is 10.00 Å². The number of rotatable bonds is 5. The summed E-state index contributed by atoms with van der Waals surface area (Å²) in [5.41, 5.74) is 0.265. The number of halogens is 1. The molecule has 0 atom stereocenters. The molecule has 0 amide bonds. The molecule has 5 nitrogen and oxygen atoms in total. The molecule has 0 radical (unpaired) electrons. The van der Waals surface area contributed by atoms with E-state index in [1.165, 1.54) is 19.2 Å². The summed E-state index contributed by atoms with van der Waals surface area (Å²) in [6.45, 7) is 0.0910. The SMILES string of the molecule is COc1ccc(CN(C)S(=O)(=O)c2cccc(F)c2C#N)cc1. The highest BCUT2D eigenvalue weighted by molar-refractivity contribution is 7.89. The lowest BCUT2D eigenvalue weighted by Gasteiger charge is -2.18. The van der Waals surface area contributed by atoms with E-state index in [1.54, 1.807) is 37.4 Å². The minimum absolute atomic E-state index is 0.0910. The van der Waals surface area contributed by atoms with E-state index < -0.39 is 21.4 Å². The predicted octanol–water partition coefficient (Wildman–Crippen LogP) is 2.53. The topological polar surface area (TPSA) is 70.4 Å². The van der Waals surface area contributed by atoms with E-state index in [-0.39, 0.29) is 11.4 Å². The van der Waals surface area contributed by atoms with E-state index in [9.17, 15) is 12.8 Å². The third-order valence-corrected chi connectivity index (χ3v) is 5.19. The van der Waals surface area contributed by atoms with Gasteiger partial charge in [0.2, 0.25) is 10.0 Å². The first kappa shape index (κ1) is 16.9. The molecule has 2 aromatic carbocycles. The normalized spacial score (nSPS) is 11.3. The maximum Gasteiger partial charge on any atom is 0.244 e. The van der Waals surface area contributed by atoms with Crippen molar-refractivity contribution in [2.75, 3.05) is 14.2 Å². The van der Waals surface area contributed by atoms with E-state index in [0.717, 1.165) is 15.9 Å². The van der Waals surface area contributed by atoms with Crippen molar-refractivity contribution in [2.45, 2.75) is 11.4 Å². The first-order valence-electron chi connectivity index (χ1n) is 6.68. The second-order valence-electron chi connectivity index (χ2n) is 4.83. The molecule has 0 heterocycles.